The fourth-order valence-corrected chi connectivity index (χ4v) is 4.26. The van der Waals surface area contributed by atoms with Crippen molar-refractivity contribution in [3.05, 3.63) is 59.6 Å². The Hall–Kier alpha value is -3.07. The molecule has 2 N–H and O–H groups in total. The molecule has 0 aliphatic heterocycles. The summed E-state index contributed by atoms with van der Waals surface area (Å²) in [7, 11) is 0. The Kier molecular flexibility index (Phi) is 6.60. The minimum absolute atomic E-state index is 0.0338. The van der Waals surface area contributed by atoms with Gasteiger partial charge in [0.05, 0.1) is 5.69 Å². The summed E-state index contributed by atoms with van der Waals surface area (Å²) >= 11 is 0. The van der Waals surface area contributed by atoms with E-state index in [0.717, 1.165) is 12.1 Å². The van der Waals surface area contributed by atoms with E-state index < -0.39 is 24.5 Å². The second kappa shape index (κ2) is 9.43. The van der Waals surface area contributed by atoms with Crippen molar-refractivity contribution in [2.75, 3.05) is 18.5 Å². The third-order valence-electron chi connectivity index (χ3n) is 5.90. The second-order valence-corrected chi connectivity index (χ2v) is 8.28. The number of carbonyl (C=O) groups is 1. The number of hydrogen-bond donors (Lipinski definition) is 2. The van der Waals surface area contributed by atoms with E-state index >= 15 is 0 Å². The van der Waals surface area contributed by atoms with Gasteiger partial charge < -0.3 is 19.6 Å². The van der Waals surface area contributed by atoms with Crippen molar-refractivity contribution in [3.63, 3.8) is 0 Å². The molecule has 33 heavy (non-hydrogen) atoms. The maximum absolute atomic E-state index is 14.5. The van der Waals surface area contributed by atoms with Gasteiger partial charge in [-0.3, -0.25) is 4.79 Å². The number of furan rings is 1. The number of amides is 1. The monoisotopic (exact) mass is 465 g/mol. The number of fused-ring (bicyclic) bond motifs is 1. The Morgan fingerprint density at radius 2 is 1.85 bits per heavy atom. The van der Waals surface area contributed by atoms with Crippen molar-refractivity contribution >= 4 is 22.6 Å². The molecule has 4 rings (SSSR count). The molecule has 1 saturated carbocycles. The fraction of sp³-hybridized carbons (Fsp3) is 0.375. The quantitative estimate of drug-likeness (QED) is 0.436. The van der Waals surface area contributed by atoms with Gasteiger partial charge >= 0.3 is 6.18 Å². The zero-order chi connectivity index (χ0) is 23.6. The smallest absolute Gasteiger partial charge is 0.422 e. The van der Waals surface area contributed by atoms with Crippen LogP contribution in [0.1, 0.15) is 47.7 Å². The molecule has 5 nitrogen and oxygen atoms in total. The number of rotatable bonds is 6. The first kappa shape index (κ1) is 23.1. The van der Waals surface area contributed by atoms with Crippen molar-refractivity contribution in [2.24, 2.45) is 5.92 Å². The van der Waals surface area contributed by atoms with Crippen LogP contribution in [0.4, 0.5) is 23.2 Å². The van der Waals surface area contributed by atoms with Crippen LogP contribution in [0.5, 0.6) is 5.75 Å². The van der Waals surface area contributed by atoms with Gasteiger partial charge in [0.15, 0.2) is 12.4 Å². The van der Waals surface area contributed by atoms with Crippen molar-refractivity contribution in [1.29, 1.82) is 0 Å². The van der Waals surface area contributed by atoms with Crippen molar-refractivity contribution in [3.8, 4) is 5.75 Å². The zero-order valence-electron chi connectivity index (χ0n) is 17.6. The highest BCUT2D eigenvalue weighted by atomic mass is 19.4. The molecule has 176 valence electrons. The van der Waals surface area contributed by atoms with E-state index in [0.29, 0.717) is 36.7 Å². The van der Waals surface area contributed by atoms with Gasteiger partial charge in [0.1, 0.15) is 17.1 Å². The number of benzene rings is 2. The Morgan fingerprint density at radius 3 is 2.52 bits per heavy atom. The van der Waals surface area contributed by atoms with Gasteiger partial charge in [-0.2, -0.15) is 13.2 Å². The highest BCUT2D eigenvalue weighted by molar-refractivity contribution is 6.05. The molecule has 0 saturated heterocycles. The molecule has 1 aromatic heterocycles. The van der Waals surface area contributed by atoms with Gasteiger partial charge in [-0.05, 0) is 55.7 Å². The van der Waals surface area contributed by atoms with Crippen LogP contribution in [0, 0.1) is 11.7 Å². The normalized spacial score (nSPS) is 18.9. The lowest BCUT2D eigenvalue weighted by Crippen LogP contribution is -2.22. The molecular weight excluding hydrogens is 442 g/mol. The minimum atomic E-state index is -4.61. The predicted molar refractivity (Wildman–Crippen MR) is 114 cm³/mol. The maximum Gasteiger partial charge on any atom is 0.422 e. The molecule has 0 spiro atoms. The highest BCUT2D eigenvalue weighted by Gasteiger charge is 2.32. The Balaban J connectivity index is 1.66. The third kappa shape index (κ3) is 5.47. The predicted octanol–water partition coefficient (Wildman–Crippen LogP) is 6.03. The number of ether oxygens (including phenoxy) is 1. The molecule has 3 aromatic rings. The minimum Gasteiger partial charge on any atom is -0.482 e. The molecule has 1 fully saturated rings. The molecule has 1 aliphatic carbocycles. The van der Waals surface area contributed by atoms with E-state index in [9.17, 15) is 27.5 Å². The Bertz CT molecular complexity index is 1100. The fourth-order valence-electron chi connectivity index (χ4n) is 4.26. The molecule has 0 bridgehead atoms. The third-order valence-corrected chi connectivity index (χ3v) is 5.90. The second-order valence-electron chi connectivity index (χ2n) is 8.28. The van der Waals surface area contributed by atoms with Gasteiger partial charge in [0.2, 0.25) is 0 Å². The summed E-state index contributed by atoms with van der Waals surface area (Å²) in [6.07, 6.45) is -2.16. The molecule has 1 heterocycles. The van der Waals surface area contributed by atoms with Crippen LogP contribution in [0.25, 0.3) is 11.0 Å². The molecule has 0 atom stereocenters. The molecule has 2 aromatic carbocycles. The summed E-state index contributed by atoms with van der Waals surface area (Å²) in [5, 5.41) is 12.5. The van der Waals surface area contributed by atoms with Crippen LogP contribution in [0.15, 0.2) is 46.9 Å². The van der Waals surface area contributed by atoms with E-state index in [1.807, 2.05) is 0 Å². The molecular formula is C24H23F4NO4. The topological polar surface area (TPSA) is 71.7 Å². The number of para-hydroxylation sites is 1. The van der Waals surface area contributed by atoms with E-state index in [4.69, 9.17) is 9.15 Å². The van der Waals surface area contributed by atoms with Gasteiger partial charge in [-0.1, -0.05) is 18.2 Å². The number of halogens is 4. The van der Waals surface area contributed by atoms with E-state index in [1.54, 1.807) is 24.3 Å². The van der Waals surface area contributed by atoms with Crippen LogP contribution >= 0.6 is 0 Å². The summed E-state index contributed by atoms with van der Waals surface area (Å²) in [6.45, 7) is -1.54. The zero-order valence-corrected chi connectivity index (χ0v) is 17.6. The number of aliphatic hydroxyl groups excluding tert-OH is 1. The number of nitrogens with one attached hydrogen (secondary N) is 1. The first-order valence-corrected chi connectivity index (χ1v) is 10.7. The summed E-state index contributed by atoms with van der Waals surface area (Å²) in [4.78, 5) is 12.8. The number of anilines is 1. The van der Waals surface area contributed by atoms with E-state index in [2.05, 4.69) is 5.32 Å². The number of aliphatic hydroxyl groups is 1. The Morgan fingerprint density at radius 1 is 1.12 bits per heavy atom. The maximum atomic E-state index is 14.5. The van der Waals surface area contributed by atoms with Crippen LogP contribution in [0.3, 0.4) is 0 Å². The molecule has 1 aliphatic rings. The number of carbonyl (C=O) groups excluding carboxylic acids is 1. The largest absolute Gasteiger partial charge is 0.482 e. The number of alkyl halides is 3. The summed E-state index contributed by atoms with van der Waals surface area (Å²) < 4.78 is 63.9. The van der Waals surface area contributed by atoms with Crippen LogP contribution in [-0.4, -0.2) is 30.4 Å². The number of hydrogen-bond acceptors (Lipinski definition) is 4. The van der Waals surface area contributed by atoms with Gasteiger partial charge in [0, 0.05) is 23.6 Å². The van der Waals surface area contributed by atoms with Crippen LogP contribution < -0.4 is 10.1 Å². The van der Waals surface area contributed by atoms with Crippen molar-refractivity contribution in [2.45, 2.75) is 37.8 Å². The SMILES string of the molecule is O=C(Nc1cc(F)cc(C2CCC(CO)CC2)c1OCC(F)(F)F)c1cc2ccccc2o1. The molecule has 9 heteroatoms. The molecule has 1 amide bonds. The van der Waals surface area contributed by atoms with Crippen LogP contribution in [-0.2, 0) is 0 Å². The van der Waals surface area contributed by atoms with E-state index in [1.165, 1.54) is 6.07 Å². The summed E-state index contributed by atoms with van der Waals surface area (Å²) in [6, 6.07) is 10.5. The van der Waals surface area contributed by atoms with Crippen molar-refractivity contribution in [1.82, 2.24) is 0 Å². The summed E-state index contributed by atoms with van der Waals surface area (Å²) in [5.74, 6) is -1.84. The summed E-state index contributed by atoms with van der Waals surface area (Å²) in [5.41, 5.74) is 0.552. The highest BCUT2D eigenvalue weighted by Crippen LogP contribution is 2.43. The lowest BCUT2D eigenvalue weighted by atomic mass is 9.78. The van der Waals surface area contributed by atoms with E-state index in [-0.39, 0.29) is 41.2 Å². The first-order valence-electron chi connectivity index (χ1n) is 10.7. The lowest BCUT2D eigenvalue weighted by molar-refractivity contribution is -0.153. The standard InChI is InChI=1S/C24H23F4NO4/c25-17-10-18(15-7-5-14(12-30)6-8-15)22(32-13-24(26,27)28)19(11-17)29-23(31)21-9-16-3-1-2-4-20(16)33-21/h1-4,9-11,14-15,30H,5-8,12-13H2,(H,29,31). The average molecular weight is 465 g/mol. The first-order chi connectivity index (χ1) is 15.7. The molecule has 0 unspecified atom stereocenters. The molecule has 0 radical (unpaired) electrons. The van der Waals surface area contributed by atoms with Gasteiger partial charge in [-0.25, -0.2) is 4.39 Å². The van der Waals surface area contributed by atoms with Crippen molar-refractivity contribution < 1.29 is 36.6 Å². The average Bonchev–Trinajstić information content (AvgIpc) is 3.22. The van der Waals surface area contributed by atoms with Gasteiger partial charge in [-0.15, -0.1) is 0 Å². The lowest BCUT2D eigenvalue weighted by Gasteiger charge is -2.29. The van der Waals surface area contributed by atoms with Crippen LogP contribution in [0.2, 0.25) is 0 Å². The van der Waals surface area contributed by atoms with Gasteiger partial charge in [0.25, 0.3) is 5.91 Å². The Labute approximate surface area is 187 Å².